The van der Waals surface area contributed by atoms with Gasteiger partial charge < -0.3 is 10.6 Å². The SMILES string of the molecule is CC(C)c1cc2c(N(C)CCC(N)C(C)C)nccn2n1. The van der Waals surface area contributed by atoms with Crippen molar-refractivity contribution in [2.75, 3.05) is 18.5 Å². The van der Waals surface area contributed by atoms with Crippen LogP contribution in [0.3, 0.4) is 0 Å². The van der Waals surface area contributed by atoms with Crippen LogP contribution in [0.25, 0.3) is 5.52 Å². The molecule has 0 aromatic carbocycles. The second kappa shape index (κ2) is 6.43. The third kappa shape index (κ3) is 3.53. The Hall–Kier alpha value is -1.62. The molecule has 0 radical (unpaired) electrons. The van der Waals surface area contributed by atoms with E-state index >= 15 is 0 Å². The first kappa shape index (κ1) is 15.8. The normalized spacial score (nSPS) is 13.3. The molecule has 0 bridgehead atoms. The Morgan fingerprint density at radius 1 is 1.29 bits per heavy atom. The van der Waals surface area contributed by atoms with Crippen molar-refractivity contribution in [3.05, 3.63) is 24.2 Å². The summed E-state index contributed by atoms with van der Waals surface area (Å²) in [6, 6.07) is 2.36. The summed E-state index contributed by atoms with van der Waals surface area (Å²) in [5.74, 6) is 1.88. The number of nitrogens with zero attached hydrogens (tertiary/aromatic N) is 4. The summed E-state index contributed by atoms with van der Waals surface area (Å²) in [4.78, 5) is 6.70. The minimum atomic E-state index is 0.225. The van der Waals surface area contributed by atoms with Crippen LogP contribution < -0.4 is 10.6 Å². The number of aromatic nitrogens is 3. The fourth-order valence-electron chi connectivity index (χ4n) is 2.29. The molecule has 2 aromatic heterocycles. The van der Waals surface area contributed by atoms with E-state index in [0.29, 0.717) is 11.8 Å². The second-order valence-electron chi connectivity index (χ2n) is 6.42. The predicted octanol–water partition coefficient (Wildman–Crippen LogP) is 2.66. The maximum Gasteiger partial charge on any atom is 0.154 e. The molecule has 0 aliphatic carbocycles. The molecule has 2 aromatic rings. The molecule has 5 heteroatoms. The Labute approximate surface area is 127 Å². The van der Waals surface area contributed by atoms with Crippen LogP contribution in [0.1, 0.15) is 45.7 Å². The van der Waals surface area contributed by atoms with Gasteiger partial charge in [-0.1, -0.05) is 27.7 Å². The highest BCUT2D eigenvalue weighted by molar-refractivity contribution is 5.68. The van der Waals surface area contributed by atoms with Crippen LogP contribution in [0.15, 0.2) is 18.5 Å². The van der Waals surface area contributed by atoms with Gasteiger partial charge in [-0.15, -0.1) is 0 Å². The molecule has 2 heterocycles. The average molecular weight is 289 g/mol. The first-order chi connectivity index (χ1) is 9.90. The van der Waals surface area contributed by atoms with E-state index in [1.54, 1.807) is 6.20 Å². The molecular weight excluding hydrogens is 262 g/mol. The van der Waals surface area contributed by atoms with E-state index in [0.717, 1.165) is 30.0 Å². The molecule has 0 saturated heterocycles. The minimum absolute atomic E-state index is 0.225. The third-order valence-corrected chi connectivity index (χ3v) is 4.00. The Balaban J connectivity index is 2.20. The fourth-order valence-corrected chi connectivity index (χ4v) is 2.29. The van der Waals surface area contributed by atoms with Gasteiger partial charge in [-0.25, -0.2) is 9.50 Å². The van der Waals surface area contributed by atoms with Crippen LogP contribution in [0.5, 0.6) is 0 Å². The summed E-state index contributed by atoms with van der Waals surface area (Å²) in [5.41, 5.74) is 8.29. The molecule has 1 atom stereocenters. The number of hydrogen-bond donors (Lipinski definition) is 1. The van der Waals surface area contributed by atoms with Crippen molar-refractivity contribution in [2.45, 2.75) is 46.1 Å². The number of nitrogens with two attached hydrogens (primary N) is 1. The van der Waals surface area contributed by atoms with E-state index in [9.17, 15) is 0 Å². The smallest absolute Gasteiger partial charge is 0.154 e. The maximum absolute atomic E-state index is 6.13. The van der Waals surface area contributed by atoms with Gasteiger partial charge in [0.2, 0.25) is 0 Å². The third-order valence-electron chi connectivity index (χ3n) is 4.00. The highest BCUT2D eigenvalue weighted by Crippen LogP contribution is 2.22. The van der Waals surface area contributed by atoms with Crippen LogP contribution >= 0.6 is 0 Å². The molecule has 0 aliphatic heterocycles. The zero-order valence-corrected chi connectivity index (χ0v) is 13.7. The summed E-state index contributed by atoms with van der Waals surface area (Å²) in [6.45, 7) is 9.53. The Bertz CT molecular complexity index is 587. The molecule has 0 spiro atoms. The van der Waals surface area contributed by atoms with Crippen molar-refractivity contribution in [1.29, 1.82) is 0 Å². The van der Waals surface area contributed by atoms with Gasteiger partial charge in [0, 0.05) is 32.0 Å². The van der Waals surface area contributed by atoms with Crippen molar-refractivity contribution in [2.24, 2.45) is 11.7 Å². The van der Waals surface area contributed by atoms with Crippen LogP contribution in [0, 0.1) is 5.92 Å². The Morgan fingerprint density at radius 2 is 2.00 bits per heavy atom. The van der Waals surface area contributed by atoms with Gasteiger partial charge in [0.05, 0.1) is 5.69 Å². The average Bonchev–Trinajstić information content (AvgIpc) is 2.88. The predicted molar refractivity (Wildman–Crippen MR) is 87.8 cm³/mol. The molecule has 2 rings (SSSR count). The lowest BCUT2D eigenvalue weighted by atomic mass is 10.0. The van der Waals surface area contributed by atoms with E-state index < -0.39 is 0 Å². The molecule has 0 fully saturated rings. The number of hydrogen-bond acceptors (Lipinski definition) is 4. The van der Waals surface area contributed by atoms with Gasteiger partial charge in [0.15, 0.2) is 5.82 Å². The Morgan fingerprint density at radius 3 is 2.62 bits per heavy atom. The van der Waals surface area contributed by atoms with Gasteiger partial charge in [-0.3, -0.25) is 0 Å². The summed E-state index contributed by atoms with van der Waals surface area (Å²) in [6.07, 6.45) is 4.67. The van der Waals surface area contributed by atoms with Crippen molar-refractivity contribution in [3.8, 4) is 0 Å². The monoisotopic (exact) mass is 289 g/mol. The van der Waals surface area contributed by atoms with Crippen molar-refractivity contribution in [3.63, 3.8) is 0 Å². The molecule has 0 aliphatic rings. The zero-order valence-electron chi connectivity index (χ0n) is 13.7. The molecule has 0 amide bonds. The fraction of sp³-hybridized carbons (Fsp3) is 0.625. The lowest BCUT2D eigenvalue weighted by Gasteiger charge is -2.22. The van der Waals surface area contributed by atoms with Gasteiger partial charge in [0.25, 0.3) is 0 Å². The van der Waals surface area contributed by atoms with Gasteiger partial charge in [-0.2, -0.15) is 5.10 Å². The minimum Gasteiger partial charge on any atom is -0.358 e. The van der Waals surface area contributed by atoms with E-state index in [1.165, 1.54) is 0 Å². The molecular formula is C16H27N5. The Kier molecular flexibility index (Phi) is 4.83. The van der Waals surface area contributed by atoms with Crippen LogP contribution in [-0.2, 0) is 0 Å². The number of anilines is 1. The molecule has 116 valence electrons. The first-order valence-electron chi connectivity index (χ1n) is 7.71. The molecule has 1 unspecified atom stereocenters. The maximum atomic E-state index is 6.13. The highest BCUT2D eigenvalue weighted by Gasteiger charge is 2.14. The summed E-state index contributed by atoms with van der Waals surface area (Å²) in [5, 5.41) is 4.60. The second-order valence-corrected chi connectivity index (χ2v) is 6.42. The molecule has 21 heavy (non-hydrogen) atoms. The molecule has 5 nitrogen and oxygen atoms in total. The molecule has 0 saturated carbocycles. The zero-order chi connectivity index (χ0) is 15.6. The van der Waals surface area contributed by atoms with Gasteiger partial charge >= 0.3 is 0 Å². The standard InChI is InChI=1S/C16H27N5/c1-11(2)13(17)6-8-20(5)16-15-10-14(12(3)4)19-21(15)9-7-18-16/h7,9-13H,6,8,17H2,1-5H3. The van der Waals surface area contributed by atoms with Crippen molar-refractivity contribution < 1.29 is 0 Å². The van der Waals surface area contributed by atoms with Gasteiger partial charge in [0.1, 0.15) is 5.52 Å². The largest absolute Gasteiger partial charge is 0.358 e. The lowest BCUT2D eigenvalue weighted by molar-refractivity contribution is 0.466. The van der Waals surface area contributed by atoms with E-state index in [4.69, 9.17) is 5.73 Å². The molecule has 2 N–H and O–H groups in total. The van der Waals surface area contributed by atoms with Crippen molar-refractivity contribution in [1.82, 2.24) is 14.6 Å². The lowest BCUT2D eigenvalue weighted by Crippen LogP contribution is -2.32. The number of fused-ring (bicyclic) bond motifs is 1. The van der Waals surface area contributed by atoms with Gasteiger partial charge in [-0.05, 0) is 24.3 Å². The number of rotatable bonds is 6. The topological polar surface area (TPSA) is 59.5 Å². The first-order valence-corrected chi connectivity index (χ1v) is 7.71. The van der Waals surface area contributed by atoms with Crippen molar-refractivity contribution >= 4 is 11.3 Å². The summed E-state index contributed by atoms with van der Waals surface area (Å²) >= 11 is 0. The quantitative estimate of drug-likeness (QED) is 0.888. The summed E-state index contributed by atoms with van der Waals surface area (Å²) in [7, 11) is 2.07. The summed E-state index contributed by atoms with van der Waals surface area (Å²) < 4.78 is 1.91. The highest BCUT2D eigenvalue weighted by atomic mass is 15.3. The van der Waals surface area contributed by atoms with Crippen LogP contribution in [0.4, 0.5) is 5.82 Å². The van der Waals surface area contributed by atoms with E-state index in [-0.39, 0.29) is 6.04 Å². The van der Waals surface area contributed by atoms with Crippen LogP contribution in [0.2, 0.25) is 0 Å². The van der Waals surface area contributed by atoms with Crippen LogP contribution in [-0.4, -0.2) is 34.2 Å². The van der Waals surface area contributed by atoms with E-state index in [2.05, 4.69) is 55.8 Å². The van der Waals surface area contributed by atoms with E-state index in [1.807, 2.05) is 10.7 Å².